The molecule has 2 amide bonds. The van der Waals surface area contributed by atoms with Gasteiger partial charge in [-0.25, -0.2) is 0 Å². The molecule has 27 heavy (non-hydrogen) atoms. The summed E-state index contributed by atoms with van der Waals surface area (Å²) in [5.41, 5.74) is 6.56. The summed E-state index contributed by atoms with van der Waals surface area (Å²) >= 11 is 0. The van der Waals surface area contributed by atoms with E-state index >= 15 is 0 Å². The number of carbonyl (C=O) groups is 2. The number of nitro groups is 1. The Kier molecular flexibility index (Phi) is 5.46. The van der Waals surface area contributed by atoms with Crippen LogP contribution in [0.1, 0.15) is 42.1 Å². The van der Waals surface area contributed by atoms with Gasteiger partial charge in [-0.2, -0.15) is 0 Å². The fourth-order valence-electron chi connectivity index (χ4n) is 4.24. The van der Waals surface area contributed by atoms with Gasteiger partial charge in [0.25, 0.3) is 11.6 Å². The minimum absolute atomic E-state index is 0.0112. The molecule has 146 valence electrons. The van der Waals surface area contributed by atoms with Crippen LogP contribution in [0.25, 0.3) is 0 Å². The molecule has 2 aliphatic heterocycles. The van der Waals surface area contributed by atoms with Gasteiger partial charge in [-0.3, -0.25) is 19.7 Å². The highest BCUT2D eigenvalue weighted by Gasteiger charge is 2.41. The fourth-order valence-corrected chi connectivity index (χ4v) is 4.24. The number of benzene rings is 1. The van der Waals surface area contributed by atoms with Crippen LogP contribution < -0.4 is 5.73 Å². The molecule has 0 bridgehead atoms. The number of nitro benzene ring substituents is 1. The third-order valence-corrected chi connectivity index (χ3v) is 5.72. The van der Waals surface area contributed by atoms with Crippen LogP contribution in [0, 0.1) is 23.0 Å². The van der Waals surface area contributed by atoms with Crippen LogP contribution in [0.5, 0.6) is 0 Å². The summed E-state index contributed by atoms with van der Waals surface area (Å²) in [6.45, 7) is 5.36. The molecule has 3 unspecified atom stereocenters. The van der Waals surface area contributed by atoms with Gasteiger partial charge in [0.2, 0.25) is 5.91 Å². The zero-order chi connectivity index (χ0) is 19.7. The lowest BCUT2D eigenvalue weighted by molar-refractivity contribution is -0.385. The molecule has 0 spiro atoms. The zero-order valence-corrected chi connectivity index (χ0v) is 15.8. The Bertz CT molecular complexity index is 766. The first-order valence-electron chi connectivity index (χ1n) is 9.40. The first-order valence-corrected chi connectivity index (χ1v) is 9.40. The highest BCUT2D eigenvalue weighted by molar-refractivity contribution is 5.98. The molecule has 8 nitrogen and oxygen atoms in total. The van der Waals surface area contributed by atoms with E-state index < -0.39 is 11.0 Å². The van der Waals surface area contributed by atoms with Crippen molar-refractivity contribution in [3.05, 3.63) is 39.4 Å². The third kappa shape index (κ3) is 3.66. The van der Waals surface area contributed by atoms with Gasteiger partial charge in [0, 0.05) is 36.3 Å². The van der Waals surface area contributed by atoms with E-state index in [0.717, 1.165) is 12.8 Å². The van der Waals surface area contributed by atoms with E-state index in [2.05, 4.69) is 0 Å². The van der Waals surface area contributed by atoms with Gasteiger partial charge in [-0.1, -0.05) is 0 Å². The molecule has 3 atom stereocenters. The molecule has 0 aromatic heterocycles. The summed E-state index contributed by atoms with van der Waals surface area (Å²) in [5, 5.41) is 11.0. The van der Waals surface area contributed by atoms with Crippen molar-refractivity contribution in [1.82, 2.24) is 9.80 Å². The number of rotatable bonds is 4. The van der Waals surface area contributed by atoms with E-state index in [0.29, 0.717) is 43.1 Å². The summed E-state index contributed by atoms with van der Waals surface area (Å²) in [5.74, 6) is 0.0563. The summed E-state index contributed by atoms with van der Waals surface area (Å²) in [4.78, 5) is 40.0. The minimum Gasteiger partial charge on any atom is -0.338 e. The van der Waals surface area contributed by atoms with E-state index in [1.165, 1.54) is 18.2 Å². The molecular weight excluding hydrogens is 348 g/mol. The fraction of sp³-hybridized carbons (Fsp3) is 0.579. The highest BCUT2D eigenvalue weighted by atomic mass is 16.6. The van der Waals surface area contributed by atoms with Crippen LogP contribution in [0.15, 0.2) is 18.2 Å². The normalized spacial score (nSPS) is 25.1. The lowest BCUT2D eigenvalue weighted by atomic mass is 10.1. The van der Waals surface area contributed by atoms with E-state index in [-0.39, 0.29) is 23.5 Å². The number of amides is 2. The Morgan fingerprint density at radius 1 is 1.33 bits per heavy atom. The van der Waals surface area contributed by atoms with Crippen molar-refractivity contribution in [1.29, 1.82) is 0 Å². The largest absolute Gasteiger partial charge is 0.338 e. The van der Waals surface area contributed by atoms with Crippen molar-refractivity contribution in [3.63, 3.8) is 0 Å². The monoisotopic (exact) mass is 374 g/mol. The quantitative estimate of drug-likeness (QED) is 0.637. The lowest BCUT2D eigenvalue weighted by Gasteiger charge is -2.30. The molecule has 0 aliphatic carbocycles. The Morgan fingerprint density at radius 2 is 2.07 bits per heavy atom. The predicted molar refractivity (Wildman–Crippen MR) is 100 cm³/mol. The third-order valence-electron chi connectivity index (χ3n) is 5.72. The molecule has 3 rings (SSSR count). The van der Waals surface area contributed by atoms with E-state index in [1.54, 1.807) is 11.8 Å². The van der Waals surface area contributed by atoms with Crippen LogP contribution in [0.2, 0.25) is 0 Å². The number of likely N-dealkylation sites (tertiary alicyclic amines) is 2. The van der Waals surface area contributed by atoms with Crippen LogP contribution >= 0.6 is 0 Å². The van der Waals surface area contributed by atoms with E-state index in [4.69, 9.17) is 5.73 Å². The molecular formula is C19H26N4O4. The van der Waals surface area contributed by atoms with Crippen molar-refractivity contribution in [3.8, 4) is 0 Å². The van der Waals surface area contributed by atoms with Gasteiger partial charge in [0.15, 0.2) is 0 Å². The van der Waals surface area contributed by atoms with Gasteiger partial charge in [-0.05, 0) is 57.7 Å². The summed E-state index contributed by atoms with van der Waals surface area (Å²) in [6.07, 6.45) is 2.31. The maximum atomic E-state index is 13.1. The predicted octanol–water partition coefficient (Wildman–Crippen LogP) is 1.70. The molecule has 0 saturated carbocycles. The Morgan fingerprint density at radius 3 is 2.67 bits per heavy atom. The first-order chi connectivity index (χ1) is 12.8. The summed E-state index contributed by atoms with van der Waals surface area (Å²) in [7, 11) is 0. The Balaban J connectivity index is 1.78. The van der Waals surface area contributed by atoms with Crippen LogP contribution in [-0.4, -0.2) is 58.3 Å². The zero-order valence-electron chi connectivity index (χ0n) is 15.8. The number of carbonyl (C=O) groups excluding carboxylic acids is 2. The molecule has 2 aliphatic rings. The van der Waals surface area contributed by atoms with Crippen molar-refractivity contribution >= 4 is 17.5 Å². The number of nitrogens with zero attached hydrogens (tertiary/aromatic N) is 3. The number of nitrogens with two attached hydrogens (primary N) is 1. The topological polar surface area (TPSA) is 110 Å². The molecule has 0 radical (unpaired) electrons. The van der Waals surface area contributed by atoms with E-state index in [9.17, 15) is 19.7 Å². The molecule has 2 saturated heterocycles. The number of hydrogen-bond acceptors (Lipinski definition) is 5. The average Bonchev–Trinajstić information content (AvgIpc) is 3.26. The van der Waals surface area contributed by atoms with Gasteiger partial charge in [0.1, 0.15) is 6.04 Å². The lowest BCUT2D eigenvalue weighted by Crippen LogP contribution is -2.49. The molecule has 1 aromatic carbocycles. The smallest absolute Gasteiger partial charge is 0.272 e. The molecule has 8 heteroatoms. The minimum atomic E-state index is -0.466. The molecule has 2 heterocycles. The average molecular weight is 374 g/mol. The summed E-state index contributed by atoms with van der Waals surface area (Å²) in [6, 6.07) is 4.01. The Hall–Kier alpha value is -2.48. The summed E-state index contributed by atoms with van der Waals surface area (Å²) < 4.78 is 0. The van der Waals surface area contributed by atoms with Gasteiger partial charge >= 0.3 is 0 Å². The maximum absolute atomic E-state index is 13.1. The van der Waals surface area contributed by atoms with Gasteiger partial charge in [0.05, 0.1) is 4.92 Å². The highest BCUT2D eigenvalue weighted by Crippen LogP contribution is 2.28. The second-order valence-corrected chi connectivity index (χ2v) is 7.59. The molecule has 2 fully saturated rings. The van der Waals surface area contributed by atoms with Crippen molar-refractivity contribution in [2.24, 2.45) is 11.7 Å². The second kappa shape index (κ2) is 7.64. The SMILES string of the molecule is Cc1cc(C(=O)N2CCCC2C(=O)N2CC(CN)CC2C)ccc1[N+](=O)[O-]. The Labute approximate surface area is 158 Å². The van der Waals surface area contributed by atoms with Crippen molar-refractivity contribution in [2.75, 3.05) is 19.6 Å². The van der Waals surface area contributed by atoms with Crippen LogP contribution in [0.3, 0.4) is 0 Å². The maximum Gasteiger partial charge on any atom is 0.272 e. The second-order valence-electron chi connectivity index (χ2n) is 7.59. The standard InChI is InChI=1S/C19H26N4O4/c1-12-8-15(5-6-16(12)23(26)27)18(24)21-7-3-4-17(21)19(25)22-11-14(10-20)9-13(22)2/h5-6,8,13-14,17H,3-4,7,9-11,20H2,1-2H3. The number of aryl methyl sites for hydroxylation is 1. The van der Waals surface area contributed by atoms with Crippen molar-refractivity contribution < 1.29 is 14.5 Å². The van der Waals surface area contributed by atoms with Crippen LogP contribution in [-0.2, 0) is 4.79 Å². The number of hydrogen-bond donors (Lipinski definition) is 1. The first kappa shape index (κ1) is 19.3. The van der Waals surface area contributed by atoms with Crippen LogP contribution in [0.4, 0.5) is 5.69 Å². The molecule has 1 aromatic rings. The molecule has 2 N–H and O–H groups in total. The van der Waals surface area contributed by atoms with Crippen molar-refractivity contribution in [2.45, 2.75) is 45.2 Å². The van der Waals surface area contributed by atoms with E-state index in [1.807, 2.05) is 11.8 Å². The van der Waals surface area contributed by atoms with Gasteiger partial charge in [-0.15, -0.1) is 0 Å². The van der Waals surface area contributed by atoms with Gasteiger partial charge < -0.3 is 15.5 Å².